The first kappa shape index (κ1) is 25.2. The van der Waals surface area contributed by atoms with Crippen LogP contribution in [0, 0.1) is 5.82 Å². The molecule has 5 N–H and O–H groups in total. The van der Waals surface area contributed by atoms with Crippen molar-refractivity contribution in [1.82, 2.24) is 20.1 Å². The second kappa shape index (κ2) is 11.2. The van der Waals surface area contributed by atoms with Crippen molar-refractivity contribution in [2.45, 2.75) is 19.8 Å². The lowest BCUT2D eigenvalue weighted by Crippen LogP contribution is -2.50. The molecule has 2 aliphatic rings. The first-order chi connectivity index (χ1) is 17.5. The van der Waals surface area contributed by atoms with Gasteiger partial charge in [-0.05, 0) is 61.8 Å². The van der Waals surface area contributed by atoms with Gasteiger partial charge in [-0.1, -0.05) is 24.8 Å². The molecule has 0 bridgehead atoms. The van der Waals surface area contributed by atoms with E-state index in [0.717, 1.165) is 29.9 Å². The van der Waals surface area contributed by atoms with Crippen molar-refractivity contribution in [3.8, 4) is 11.3 Å². The lowest BCUT2D eigenvalue weighted by molar-refractivity contribution is -0.131. The summed E-state index contributed by atoms with van der Waals surface area (Å²) in [5, 5.41) is 3.55. The number of pyridine rings is 1. The van der Waals surface area contributed by atoms with E-state index in [-0.39, 0.29) is 18.3 Å². The van der Waals surface area contributed by atoms with Gasteiger partial charge in [0, 0.05) is 31.7 Å². The van der Waals surface area contributed by atoms with Crippen molar-refractivity contribution in [2.75, 3.05) is 38.5 Å². The second-order valence-electron chi connectivity index (χ2n) is 8.79. The minimum atomic E-state index is -0.330. The van der Waals surface area contributed by atoms with Crippen molar-refractivity contribution in [3.05, 3.63) is 89.7 Å². The summed E-state index contributed by atoms with van der Waals surface area (Å²) in [5.74, 6) is -0.367. The zero-order valence-electron chi connectivity index (χ0n) is 20.6. The molecule has 0 unspecified atom stereocenters. The normalized spacial score (nSPS) is 16.1. The highest BCUT2D eigenvalue weighted by atomic mass is 19.1. The van der Waals surface area contributed by atoms with E-state index in [1.54, 1.807) is 41.3 Å². The maximum Gasteiger partial charge on any atom is 0.236 e. The summed E-state index contributed by atoms with van der Waals surface area (Å²) < 4.78 is 14.5. The quantitative estimate of drug-likeness (QED) is 0.491. The molecule has 1 aromatic carbocycles. The largest absolute Gasteiger partial charge is 0.397 e. The topological polar surface area (TPSA) is 101 Å². The van der Waals surface area contributed by atoms with Gasteiger partial charge in [0.2, 0.25) is 5.91 Å². The highest BCUT2D eigenvalue weighted by molar-refractivity contribution is 5.79. The number of allylic oxidation sites excluding steroid dienone is 4. The number of carbonyl (C=O) groups is 1. The van der Waals surface area contributed by atoms with E-state index < -0.39 is 0 Å². The lowest BCUT2D eigenvalue weighted by Gasteiger charge is -2.37. The van der Waals surface area contributed by atoms with Crippen molar-refractivity contribution >= 4 is 17.3 Å². The Kier molecular flexibility index (Phi) is 7.85. The van der Waals surface area contributed by atoms with Gasteiger partial charge >= 0.3 is 0 Å². The Hall–Kier alpha value is -3.91. The Morgan fingerprint density at radius 3 is 2.44 bits per heavy atom. The summed E-state index contributed by atoms with van der Waals surface area (Å²) in [4.78, 5) is 20.8. The van der Waals surface area contributed by atoms with Crippen LogP contribution in [0.4, 0.5) is 10.1 Å². The van der Waals surface area contributed by atoms with Crippen LogP contribution in [0.2, 0.25) is 0 Å². The Morgan fingerprint density at radius 1 is 1.14 bits per heavy atom. The molecule has 4 rings (SSSR count). The van der Waals surface area contributed by atoms with Crippen molar-refractivity contribution in [2.24, 2.45) is 5.73 Å². The molecule has 1 aliphatic carbocycles. The van der Waals surface area contributed by atoms with E-state index in [1.807, 2.05) is 19.1 Å². The molecule has 1 aliphatic heterocycles. The van der Waals surface area contributed by atoms with Gasteiger partial charge in [-0.3, -0.25) is 4.79 Å². The van der Waals surface area contributed by atoms with Gasteiger partial charge in [0.1, 0.15) is 11.5 Å². The summed E-state index contributed by atoms with van der Waals surface area (Å²) in [6.45, 7) is 8.61. The maximum atomic E-state index is 14.5. The molecule has 7 nitrogen and oxygen atoms in total. The van der Waals surface area contributed by atoms with Crippen molar-refractivity contribution < 1.29 is 9.18 Å². The molecule has 2 aromatic rings. The molecular weight excluding hydrogens is 455 g/mol. The van der Waals surface area contributed by atoms with E-state index in [0.29, 0.717) is 48.8 Å². The molecule has 1 saturated heterocycles. The molecule has 1 amide bonds. The lowest BCUT2D eigenvalue weighted by atomic mass is 10.1. The first-order valence-electron chi connectivity index (χ1n) is 12.2. The number of aromatic nitrogens is 1. The number of rotatable bonds is 8. The molecule has 2 fully saturated rings. The third kappa shape index (κ3) is 5.49. The third-order valence-electron chi connectivity index (χ3n) is 6.38. The van der Waals surface area contributed by atoms with Crippen LogP contribution in [0.15, 0.2) is 78.2 Å². The van der Waals surface area contributed by atoms with Gasteiger partial charge in [-0.25, -0.2) is 9.37 Å². The molecule has 0 spiro atoms. The standard InChI is InChI=1S/C28H33FN6O/c1-3-7-25(34-14-16-35(17-15-34)26(36)18-30)23(4-2)32-27(19-10-11-19)28-22(31)12-13-24(33-28)20-8-5-6-9-21(20)29/h3-9,12-13,32H,2,10-11,14-18,30-31H2,1H3/b7-3-,25-23-. The van der Waals surface area contributed by atoms with Crippen LogP contribution in [0.25, 0.3) is 17.0 Å². The minimum absolute atomic E-state index is 0.0221. The van der Waals surface area contributed by atoms with E-state index in [1.165, 1.54) is 11.6 Å². The highest BCUT2D eigenvalue weighted by Gasteiger charge is 2.26. The fourth-order valence-corrected chi connectivity index (χ4v) is 4.32. The summed E-state index contributed by atoms with van der Waals surface area (Å²) in [6.07, 6.45) is 7.68. The molecule has 1 saturated carbocycles. The molecule has 0 radical (unpaired) electrons. The zero-order valence-corrected chi connectivity index (χ0v) is 20.6. The van der Waals surface area contributed by atoms with Gasteiger partial charge in [-0.15, -0.1) is 0 Å². The molecular formula is C28H33FN6O. The Bertz CT molecular complexity index is 1230. The summed E-state index contributed by atoms with van der Waals surface area (Å²) in [6, 6.07) is 10.1. The number of halogens is 1. The Labute approximate surface area is 211 Å². The van der Waals surface area contributed by atoms with E-state index in [2.05, 4.69) is 16.8 Å². The predicted octanol–water partition coefficient (Wildman–Crippen LogP) is 3.64. The monoisotopic (exact) mass is 488 g/mol. The maximum absolute atomic E-state index is 14.5. The van der Waals surface area contributed by atoms with Gasteiger partial charge in [0.15, 0.2) is 0 Å². The Morgan fingerprint density at radius 2 is 1.83 bits per heavy atom. The number of hydrogen-bond acceptors (Lipinski definition) is 6. The highest BCUT2D eigenvalue weighted by Crippen LogP contribution is 2.38. The van der Waals surface area contributed by atoms with E-state index >= 15 is 0 Å². The Balaban J connectivity index is 1.68. The van der Waals surface area contributed by atoms with Gasteiger partial charge in [0.05, 0.1) is 35.0 Å². The van der Waals surface area contributed by atoms with Crippen LogP contribution in [0.1, 0.15) is 25.5 Å². The molecule has 1 aromatic heterocycles. The fraction of sp³-hybridized carbons (Fsp3) is 0.286. The zero-order chi connectivity index (χ0) is 25.7. The summed E-state index contributed by atoms with van der Waals surface area (Å²) in [7, 11) is 0. The number of amides is 1. The van der Waals surface area contributed by atoms with Gasteiger partial charge in [0.25, 0.3) is 0 Å². The predicted molar refractivity (Wildman–Crippen MR) is 143 cm³/mol. The number of anilines is 1. The molecule has 8 heteroatoms. The van der Waals surface area contributed by atoms with Crippen LogP contribution in [0.5, 0.6) is 0 Å². The SMILES string of the molecule is C=C/C(NC(=C1CC1)c1nc(-c2ccccc2F)ccc1N)=C(\C=C/C)N1CCN(C(=O)CN)CC1. The number of carbonyl (C=O) groups excluding carboxylic acids is 1. The number of benzene rings is 1. The van der Waals surface area contributed by atoms with E-state index in [4.69, 9.17) is 16.5 Å². The van der Waals surface area contributed by atoms with Crippen molar-refractivity contribution in [3.63, 3.8) is 0 Å². The smallest absolute Gasteiger partial charge is 0.236 e. The first-order valence-corrected chi connectivity index (χ1v) is 12.2. The average Bonchev–Trinajstić information content (AvgIpc) is 3.74. The number of nitrogens with two attached hydrogens (primary N) is 2. The molecule has 36 heavy (non-hydrogen) atoms. The van der Waals surface area contributed by atoms with Crippen LogP contribution >= 0.6 is 0 Å². The molecule has 0 atom stereocenters. The summed E-state index contributed by atoms with van der Waals surface area (Å²) >= 11 is 0. The number of nitrogen functional groups attached to an aromatic ring is 1. The molecule has 188 valence electrons. The van der Waals surface area contributed by atoms with E-state index in [9.17, 15) is 9.18 Å². The number of nitrogens with one attached hydrogen (secondary N) is 1. The van der Waals surface area contributed by atoms with Gasteiger partial charge < -0.3 is 26.6 Å². The molecule has 2 heterocycles. The fourth-order valence-electron chi connectivity index (χ4n) is 4.32. The van der Waals surface area contributed by atoms with Crippen LogP contribution in [0.3, 0.4) is 0 Å². The minimum Gasteiger partial charge on any atom is -0.397 e. The number of piperazine rings is 1. The van der Waals surface area contributed by atoms with Crippen LogP contribution in [-0.4, -0.2) is 53.4 Å². The third-order valence-corrected chi connectivity index (χ3v) is 6.38. The van der Waals surface area contributed by atoms with Gasteiger partial charge in [-0.2, -0.15) is 0 Å². The summed E-state index contributed by atoms with van der Waals surface area (Å²) in [5.41, 5.74) is 17.8. The number of hydrogen-bond donors (Lipinski definition) is 3. The second-order valence-corrected chi connectivity index (χ2v) is 8.79. The van der Waals surface area contributed by atoms with Crippen molar-refractivity contribution in [1.29, 1.82) is 0 Å². The van der Waals surface area contributed by atoms with Crippen LogP contribution < -0.4 is 16.8 Å². The number of nitrogens with zero attached hydrogens (tertiary/aromatic N) is 3. The average molecular weight is 489 g/mol. The van der Waals surface area contributed by atoms with Crippen LogP contribution in [-0.2, 0) is 4.79 Å².